The normalized spacial score (nSPS) is 14.7. The van der Waals surface area contributed by atoms with E-state index >= 15 is 0 Å². The van der Waals surface area contributed by atoms with Crippen LogP contribution in [0.2, 0.25) is 0 Å². The monoisotopic (exact) mass is 475 g/mol. The first-order chi connectivity index (χ1) is 14.3. The van der Waals surface area contributed by atoms with Crippen molar-refractivity contribution in [3.63, 3.8) is 0 Å². The molecule has 2 atom stereocenters. The molecule has 6 nitrogen and oxygen atoms in total. The van der Waals surface area contributed by atoms with Gasteiger partial charge in [0.05, 0.1) is 18.1 Å². The van der Waals surface area contributed by atoms with Gasteiger partial charge in [-0.2, -0.15) is 10.2 Å². The van der Waals surface area contributed by atoms with Crippen LogP contribution in [0.4, 0.5) is 8.78 Å². The Kier molecular flexibility index (Phi) is 5.42. The summed E-state index contributed by atoms with van der Waals surface area (Å²) in [6.07, 6.45) is 3.44. The molecule has 30 heavy (non-hydrogen) atoms. The molecule has 0 saturated heterocycles. The zero-order chi connectivity index (χ0) is 21.5. The molecule has 0 aliphatic heterocycles. The summed E-state index contributed by atoms with van der Waals surface area (Å²) in [7, 11) is 0. The maximum absolute atomic E-state index is 14.8. The summed E-state index contributed by atoms with van der Waals surface area (Å²) < 4.78 is 32.4. The molecule has 2 aromatic carbocycles. The number of rotatable bonds is 6. The first-order valence-corrected chi connectivity index (χ1v) is 10.3. The first-order valence-electron chi connectivity index (χ1n) is 9.50. The standard InChI is InChI=1S/C21H20BrF2N5O/c1-3-20-16-6-4-14(22)8-19(16)27-29(20)13(2)21(30,10-28-12-25-11-26-28)17-7-5-15(23)9-18(17)24/h4-9,11-13,30H,3,10H2,1-2H3/t13-,21-/m1/s1. The summed E-state index contributed by atoms with van der Waals surface area (Å²) in [6, 6.07) is 8.27. The van der Waals surface area contributed by atoms with Crippen molar-refractivity contribution in [1.82, 2.24) is 24.5 Å². The maximum Gasteiger partial charge on any atom is 0.137 e. The third kappa shape index (κ3) is 3.52. The van der Waals surface area contributed by atoms with Crippen LogP contribution >= 0.6 is 15.9 Å². The van der Waals surface area contributed by atoms with Crippen LogP contribution in [-0.2, 0) is 18.6 Å². The van der Waals surface area contributed by atoms with E-state index in [0.29, 0.717) is 6.42 Å². The Balaban J connectivity index is 1.90. The van der Waals surface area contributed by atoms with E-state index in [1.54, 1.807) is 11.6 Å². The van der Waals surface area contributed by atoms with Crippen molar-refractivity contribution in [3.05, 3.63) is 76.4 Å². The maximum atomic E-state index is 14.8. The molecule has 0 aliphatic carbocycles. The van der Waals surface area contributed by atoms with E-state index in [4.69, 9.17) is 5.10 Å². The Morgan fingerprint density at radius 1 is 1.20 bits per heavy atom. The van der Waals surface area contributed by atoms with Crippen LogP contribution in [0, 0.1) is 11.6 Å². The molecule has 9 heteroatoms. The minimum Gasteiger partial charge on any atom is -0.381 e. The van der Waals surface area contributed by atoms with Crippen molar-refractivity contribution >= 4 is 26.8 Å². The number of fused-ring (bicyclic) bond motifs is 1. The minimum absolute atomic E-state index is 0.0327. The third-order valence-corrected chi connectivity index (χ3v) is 5.92. The number of aliphatic hydroxyl groups is 1. The van der Waals surface area contributed by atoms with Crippen LogP contribution in [0.25, 0.3) is 10.9 Å². The topological polar surface area (TPSA) is 68.8 Å². The van der Waals surface area contributed by atoms with Crippen LogP contribution in [0.1, 0.15) is 31.1 Å². The summed E-state index contributed by atoms with van der Waals surface area (Å²) in [5, 5.41) is 21.5. The van der Waals surface area contributed by atoms with Crippen molar-refractivity contribution in [2.45, 2.75) is 38.5 Å². The highest BCUT2D eigenvalue weighted by atomic mass is 79.9. The summed E-state index contributed by atoms with van der Waals surface area (Å²) in [6.45, 7) is 3.68. The van der Waals surface area contributed by atoms with Crippen molar-refractivity contribution in [2.24, 2.45) is 0 Å². The highest BCUT2D eigenvalue weighted by Gasteiger charge is 2.41. The SMILES string of the molecule is CCc1c2ccc(Br)cc2nn1[C@H](C)[C@](O)(Cn1cncn1)c1ccc(F)cc1F. The fraction of sp³-hybridized carbons (Fsp3) is 0.286. The van der Waals surface area contributed by atoms with Gasteiger partial charge >= 0.3 is 0 Å². The van der Waals surface area contributed by atoms with E-state index in [2.05, 4.69) is 26.0 Å². The Morgan fingerprint density at radius 2 is 2.00 bits per heavy atom. The van der Waals surface area contributed by atoms with Crippen molar-refractivity contribution in [1.29, 1.82) is 0 Å². The Bertz CT molecular complexity index is 1190. The fourth-order valence-electron chi connectivity index (χ4n) is 3.85. The predicted octanol–water partition coefficient (Wildman–Crippen LogP) is 4.38. The van der Waals surface area contributed by atoms with E-state index in [0.717, 1.165) is 33.2 Å². The van der Waals surface area contributed by atoms with Gasteiger partial charge in [0, 0.05) is 27.2 Å². The zero-order valence-electron chi connectivity index (χ0n) is 16.4. The molecule has 0 bridgehead atoms. The van der Waals surface area contributed by atoms with Gasteiger partial charge in [0.1, 0.15) is 29.9 Å². The molecule has 156 valence electrons. The number of nitrogens with zero attached hydrogens (tertiary/aromatic N) is 5. The molecule has 0 fully saturated rings. The predicted molar refractivity (Wildman–Crippen MR) is 112 cm³/mol. The number of hydrogen-bond acceptors (Lipinski definition) is 4. The highest BCUT2D eigenvalue weighted by Crippen LogP contribution is 2.38. The van der Waals surface area contributed by atoms with E-state index in [1.807, 2.05) is 25.1 Å². The lowest BCUT2D eigenvalue weighted by Crippen LogP contribution is -2.41. The Labute approximate surface area is 180 Å². The van der Waals surface area contributed by atoms with Gasteiger partial charge in [0.2, 0.25) is 0 Å². The van der Waals surface area contributed by atoms with Gasteiger partial charge in [-0.15, -0.1) is 0 Å². The van der Waals surface area contributed by atoms with E-state index in [9.17, 15) is 13.9 Å². The number of hydrogen-bond donors (Lipinski definition) is 1. The Hall–Kier alpha value is -2.65. The van der Waals surface area contributed by atoms with Gasteiger partial charge in [-0.3, -0.25) is 4.68 Å². The minimum atomic E-state index is -1.77. The van der Waals surface area contributed by atoms with E-state index in [-0.39, 0.29) is 12.1 Å². The molecule has 0 aliphatic rings. The van der Waals surface area contributed by atoms with Gasteiger partial charge in [0.25, 0.3) is 0 Å². The van der Waals surface area contributed by atoms with Crippen LogP contribution in [0.15, 0.2) is 53.5 Å². The molecule has 0 radical (unpaired) electrons. The summed E-state index contributed by atoms with van der Waals surface area (Å²) in [4.78, 5) is 3.91. The van der Waals surface area contributed by atoms with Crippen molar-refractivity contribution < 1.29 is 13.9 Å². The molecule has 0 saturated carbocycles. The molecule has 0 unspecified atom stereocenters. The lowest BCUT2D eigenvalue weighted by atomic mass is 9.86. The smallest absolute Gasteiger partial charge is 0.137 e. The molecular weight excluding hydrogens is 456 g/mol. The van der Waals surface area contributed by atoms with E-state index < -0.39 is 23.3 Å². The highest BCUT2D eigenvalue weighted by molar-refractivity contribution is 9.10. The second-order valence-corrected chi connectivity index (χ2v) is 8.14. The van der Waals surface area contributed by atoms with Crippen molar-refractivity contribution in [3.8, 4) is 0 Å². The quantitative estimate of drug-likeness (QED) is 0.449. The van der Waals surface area contributed by atoms with Crippen LogP contribution in [0.5, 0.6) is 0 Å². The lowest BCUT2D eigenvalue weighted by Gasteiger charge is -2.35. The number of aryl methyl sites for hydroxylation is 1. The molecule has 2 heterocycles. The largest absolute Gasteiger partial charge is 0.381 e. The molecule has 4 rings (SSSR count). The number of aromatic nitrogens is 5. The van der Waals surface area contributed by atoms with Gasteiger partial charge in [-0.25, -0.2) is 18.4 Å². The zero-order valence-corrected chi connectivity index (χ0v) is 18.0. The first kappa shape index (κ1) is 20.6. The molecule has 4 aromatic rings. The molecule has 1 N–H and O–H groups in total. The summed E-state index contributed by atoms with van der Waals surface area (Å²) in [5.41, 5.74) is -0.135. The molecule has 0 spiro atoms. The van der Waals surface area contributed by atoms with Crippen LogP contribution in [-0.4, -0.2) is 29.7 Å². The Morgan fingerprint density at radius 3 is 2.67 bits per heavy atom. The summed E-state index contributed by atoms with van der Waals surface area (Å²) in [5.74, 6) is -1.54. The van der Waals surface area contributed by atoms with E-state index in [1.165, 1.54) is 23.4 Å². The fourth-order valence-corrected chi connectivity index (χ4v) is 4.20. The third-order valence-electron chi connectivity index (χ3n) is 5.42. The second-order valence-electron chi connectivity index (χ2n) is 7.22. The van der Waals surface area contributed by atoms with Crippen LogP contribution in [0.3, 0.4) is 0 Å². The average Bonchev–Trinajstić information content (AvgIpc) is 3.33. The lowest BCUT2D eigenvalue weighted by molar-refractivity contribution is -0.0374. The van der Waals surface area contributed by atoms with Crippen LogP contribution < -0.4 is 0 Å². The van der Waals surface area contributed by atoms with Gasteiger partial charge < -0.3 is 5.11 Å². The second kappa shape index (κ2) is 7.88. The van der Waals surface area contributed by atoms with Gasteiger partial charge in [-0.05, 0) is 37.6 Å². The average molecular weight is 476 g/mol. The molecular formula is C21H20BrF2N5O. The van der Waals surface area contributed by atoms with Gasteiger partial charge in [-0.1, -0.05) is 28.9 Å². The van der Waals surface area contributed by atoms with Gasteiger partial charge in [0.15, 0.2) is 0 Å². The molecule has 2 aromatic heterocycles. The van der Waals surface area contributed by atoms with Crippen molar-refractivity contribution in [2.75, 3.05) is 0 Å². The number of halogens is 3. The molecule has 0 amide bonds. The number of benzene rings is 2. The summed E-state index contributed by atoms with van der Waals surface area (Å²) >= 11 is 3.46.